The van der Waals surface area contributed by atoms with Gasteiger partial charge >= 0.3 is 0 Å². The highest BCUT2D eigenvalue weighted by Gasteiger charge is 2.07. The zero-order valence-electron chi connectivity index (χ0n) is 8.52. The molecule has 1 aromatic heterocycles. The van der Waals surface area contributed by atoms with Crippen molar-refractivity contribution in [3.63, 3.8) is 0 Å². The number of halogens is 1. The third kappa shape index (κ3) is 2.37. The second-order valence-corrected chi connectivity index (χ2v) is 4.00. The first-order chi connectivity index (χ1) is 7.27. The Hall–Kier alpha value is -1.34. The molecule has 0 unspecified atom stereocenters. The maximum absolute atomic E-state index is 5.96. The zero-order valence-corrected chi connectivity index (χ0v) is 9.28. The summed E-state index contributed by atoms with van der Waals surface area (Å²) in [6.45, 7) is 2.16. The Morgan fingerprint density at radius 1 is 1.13 bits per heavy atom. The predicted molar refractivity (Wildman–Crippen MR) is 63.2 cm³/mol. The van der Waals surface area contributed by atoms with Crippen molar-refractivity contribution in [3.05, 3.63) is 64.9 Å². The van der Waals surface area contributed by atoms with Crippen LogP contribution in [0.25, 0.3) is 0 Å². The summed E-state index contributed by atoms with van der Waals surface area (Å²) in [4.78, 5) is 4.12. The minimum absolute atomic E-state index is 0.331. The van der Waals surface area contributed by atoms with Crippen molar-refractivity contribution < 1.29 is 0 Å². The first kappa shape index (κ1) is 10.2. The number of pyridine rings is 1. The molecule has 15 heavy (non-hydrogen) atoms. The molecule has 0 N–H and O–H groups in total. The second-order valence-electron chi connectivity index (χ2n) is 3.56. The van der Waals surface area contributed by atoms with E-state index in [1.165, 1.54) is 11.1 Å². The van der Waals surface area contributed by atoms with Crippen LogP contribution in [0.15, 0.2) is 48.8 Å². The van der Waals surface area contributed by atoms with Crippen LogP contribution in [0, 0.1) is 0 Å². The Kier molecular flexibility index (Phi) is 3.02. The molecule has 0 aliphatic rings. The Bertz CT molecular complexity index is 439. The first-order valence-electron chi connectivity index (χ1n) is 4.93. The third-order valence-corrected chi connectivity index (χ3v) is 2.77. The molecule has 0 saturated carbocycles. The summed E-state index contributed by atoms with van der Waals surface area (Å²) in [5, 5.41) is 0.781. The van der Waals surface area contributed by atoms with Crippen LogP contribution in [0.3, 0.4) is 0 Å². The lowest BCUT2D eigenvalue weighted by molar-refractivity contribution is 0.911. The molecule has 2 rings (SSSR count). The van der Waals surface area contributed by atoms with Crippen LogP contribution in [0.1, 0.15) is 24.0 Å². The molecule has 1 atom stereocenters. The number of benzene rings is 1. The number of rotatable bonds is 2. The van der Waals surface area contributed by atoms with Crippen LogP contribution in [0.2, 0.25) is 5.02 Å². The van der Waals surface area contributed by atoms with E-state index in [2.05, 4.69) is 24.0 Å². The molecule has 76 valence electrons. The van der Waals surface area contributed by atoms with Crippen molar-refractivity contribution in [1.82, 2.24) is 4.98 Å². The van der Waals surface area contributed by atoms with Crippen LogP contribution >= 0.6 is 11.6 Å². The molecule has 0 fully saturated rings. The molecule has 1 aromatic carbocycles. The minimum atomic E-state index is 0.331. The summed E-state index contributed by atoms with van der Waals surface area (Å²) >= 11 is 5.96. The smallest absolute Gasteiger partial charge is 0.0408 e. The third-order valence-electron chi connectivity index (χ3n) is 2.53. The summed E-state index contributed by atoms with van der Waals surface area (Å²) in [7, 11) is 0. The standard InChI is InChI=1S/C13H12ClN/c1-10(12-5-3-7-15-9-12)11-4-2-6-13(14)8-11/h2-10H,1H3/t10-/m1/s1. The van der Waals surface area contributed by atoms with E-state index in [1.54, 1.807) is 6.20 Å². The molecular weight excluding hydrogens is 206 g/mol. The molecule has 1 heterocycles. The Morgan fingerprint density at radius 3 is 2.60 bits per heavy atom. The minimum Gasteiger partial charge on any atom is -0.264 e. The maximum atomic E-state index is 5.96. The summed E-state index contributed by atoms with van der Waals surface area (Å²) in [6, 6.07) is 12.0. The number of aromatic nitrogens is 1. The van der Waals surface area contributed by atoms with Gasteiger partial charge in [-0.15, -0.1) is 0 Å². The van der Waals surface area contributed by atoms with Gasteiger partial charge in [-0.05, 0) is 29.3 Å². The van der Waals surface area contributed by atoms with Crippen molar-refractivity contribution in [2.45, 2.75) is 12.8 Å². The van der Waals surface area contributed by atoms with Crippen molar-refractivity contribution in [1.29, 1.82) is 0 Å². The van der Waals surface area contributed by atoms with Gasteiger partial charge < -0.3 is 0 Å². The molecule has 0 spiro atoms. The predicted octanol–water partition coefficient (Wildman–Crippen LogP) is 3.89. The van der Waals surface area contributed by atoms with Crippen molar-refractivity contribution >= 4 is 11.6 Å². The van der Waals surface area contributed by atoms with Crippen molar-refractivity contribution in [3.8, 4) is 0 Å². The largest absolute Gasteiger partial charge is 0.264 e. The number of hydrogen-bond donors (Lipinski definition) is 0. The first-order valence-corrected chi connectivity index (χ1v) is 5.30. The van der Waals surface area contributed by atoms with E-state index in [4.69, 9.17) is 11.6 Å². The van der Waals surface area contributed by atoms with Gasteiger partial charge in [0.1, 0.15) is 0 Å². The van der Waals surface area contributed by atoms with Crippen molar-refractivity contribution in [2.75, 3.05) is 0 Å². The normalized spacial score (nSPS) is 12.4. The maximum Gasteiger partial charge on any atom is 0.0408 e. The van der Waals surface area contributed by atoms with Gasteiger partial charge in [-0.1, -0.05) is 36.7 Å². The molecule has 2 aromatic rings. The van der Waals surface area contributed by atoms with E-state index in [0.717, 1.165) is 5.02 Å². The summed E-state index contributed by atoms with van der Waals surface area (Å²) in [5.41, 5.74) is 2.43. The number of nitrogens with zero attached hydrogens (tertiary/aromatic N) is 1. The van der Waals surface area contributed by atoms with Crippen LogP contribution in [0.5, 0.6) is 0 Å². The molecular formula is C13H12ClN. The molecule has 0 bridgehead atoms. The summed E-state index contributed by atoms with van der Waals surface area (Å²) < 4.78 is 0. The average molecular weight is 218 g/mol. The fourth-order valence-corrected chi connectivity index (χ4v) is 1.80. The van der Waals surface area contributed by atoms with E-state index >= 15 is 0 Å². The van der Waals surface area contributed by atoms with Gasteiger partial charge in [0.15, 0.2) is 0 Å². The van der Waals surface area contributed by atoms with Crippen LogP contribution in [0.4, 0.5) is 0 Å². The monoisotopic (exact) mass is 217 g/mol. The summed E-state index contributed by atoms with van der Waals surface area (Å²) in [6.07, 6.45) is 3.68. The second kappa shape index (κ2) is 4.45. The van der Waals surface area contributed by atoms with Gasteiger partial charge in [0.25, 0.3) is 0 Å². The topological polar surface area (TPSA) is 12.9 Å². The fraction of sp³-hybridized carbons (Fsp3) is 0.154. The Balaban J connectivity index is 2.32. The molecule has 0 aliphatic carbocycles. The molecule has 0 aliphatic heterocycles. The van der Waals surface area contributed by atoms with E-state index in [-0.39, 0.29) is 0 Å². The van der Waals surface area contributed by atoms with Gasteiger partial charge in [0, 0.05) is 23.3 Å². The zero-order chi connectivity index (χ0) is 10.7. The quantitative estimate of drug-likeness (QED) is 0.744. The lowest BCUT2D eigenvalue weighted by Crippen LogP contribution is -1.95. The molecule has 0 amide bonds. The molecule has 0 radical (unpaired) electrons. The molecule has 2 heteroatoms. The van der Waals surface area contributed by atoms with E-state index in [0.29, 0.717) is 5.92 Å². The van der Waals surface area contributed by atoms with E-state index in [9.17, 15) is 0 Å². The van der Waals surface area contributed by atoms with Crippen LogP contribution in [-0.4, -0.2) is 4.98 Å². The lowest BCUT2D eigenvalue weighted by Gasteiger charge is -2.11. The number of hydrogen-bond acceptors (Lipinski definition) is 1. The van der Waals surface area contributed by atoms with Crippen molar-refractivity contribution in [2.24, 2.45) is 0 Å². The SMILES string of the molecule is C[C@@H](c1cccnc1)c1cccc(Cl)c1. The molecule has 0 saturated heterocycles. The lowest BCUT2D eigenvalue weighted by atomic mass is 9.95. The van der Waals surface area contributed by atoms with Gasteiger partial charge in [-0.2, -0.15) is 0 Å². The van der Waals surface area contributed by atoms with E-state index < -0.39 is 0 Å². The average Bonchev–Trinajstić information content (AvgIpc) is 2.29. The van der Waals surface area contributed by atoms with Crippen LogP contribution in [-0.2, 0) is 0 Å². The Labute approximate surface area is 94.7 Å². The van der Waals surface area contributed by atoms with Crippen LogP contribution < -0.4 is 0 Å². The summed E-state index contributed by atoms with van der Waals surface area (Å²) in [5.74, 6) is 0.331. The van der Waals surface area contributed by atoms with Gasteiger partial charge in [0.05, 0.1) is 0 Å². The van der Waals surface area contributed by atoms with Gasteiger partial charge in [-0.25, -0.2) is 0 Å². The Morgan fingerprint density at radius 2 is 1.93 bits per heavy atom. The highest BCUT2D eigenvalue weighted by atomic mass is 35.5. The van der Waals surface area contributed by atoms with E-state index in [1.807, 2.05) is 30.5 Å². The fourth-order valence-electron chi connectivity index (χ4n) is 1.60. The molecule has 1 nitrogen and oxygen atoms in total. The highest BCUT2D eigenvalue weighted by molar-refractivity contribution is 6.30. The highest BCUT2D eigenvalue weighted by Crippen LogP contribution is 2.25. The van der Waals surface area contributed by atoms with Gasteiger partial charge in [-0.3, -0.25) is 4.98 Å². The van der Waals surface area contributed by atoms with Gasteiger partial charge in [0.2, 0.25) is 0 Å².